The van der Waals surface area contributed by atoms with E-state index in [0.717, 1.165) is 23.5 Å². The summed E-state index contributed by atoms with van der Waals surface area (Å²) in [6, 6.07) is 14.3. The molecule has 3 aromatic rings. The van der Waals surface area contributed by atoms with Gasteiger partial charge in [-0.2, -0.15) is 4.98 Å². The second-order valence-corrected chi connectivity index (χ2v) is 6.92. The zero-order chi connectivity index (χ0) is 20.8. The van der Waals surface area contributed by atoms with Crippen LogP contribution in [0, 0.1) is 13.8 Å². The first kappa shape index (κ1) is 20.4. The smallest absolute Gasteiger partial charge is 0.323 e. The van der Waals surface area contributed by atoms with E-state index in [1.165, 1.54) is 0 Å². The van der Waals surface area contributed by atoms with Crippen molar-refractivity contribution in [3.63, 3.8) is 0 Å². The Bertz CT molecular complexity index is 1010. The molecule has 0 unspecified atom stereocenters. The number of anilines is 5. The van der Waals surface area contributed by atoms with Gasteiger partial charge >= 0.3 is 6.03 Å². The van der Waals surface area contributed by atoms with Crippen LogP contribution >= 0.6 is 11.6 Å². The molecule has 150 valence electrons. The highest BCUT2D eigenvalue weighted by Gasteiger charge is 2.07. The van der Waals surface area contributed by atoms with Gasteiger partial charge in [-0.1, -0.05) is 17.7 Å². The molecule has 1 heterocycles. The van der Waals surface area contributed by atoms with Gasteiger partial charge in [-0.3, -0.25) is 0 Å². The topological polar surface area (TPSA) is 91.0 Å². The van der Waals surface area contributed by atoms with E-state index in [-0.39, 0.29) is 6.03 Å². The van der Waals surface area contributed by atoms with Crippen molar-refractivity contribution >= 4 is 46.5 Å². The maximum Gasteiger partial charge on any atom is 0.323 e. The average Bonchev–Trinajstić information content (AvgIpc) is 2.65. The normalized spacial score (nSPS) is 10.3. The number of aromatic nitrogens is 2. The van der Waals surface area contributed by atoms with Gasteiger partial charge < -0.3 is 21.3 Å². The number of carbonyl (C=O) groups excluding carboxylic acids is 1. The minimum atomic E-state index is -0.363. The fourth-order valence-electron chi connectivity index (χ4n) is 2.66. The Kier molecular flexibility index (Phi) is 6.51. The molecule has 0 saturated carbocycles. The molecular formula is C21H23ClN6O. The number of hydrogen-bond donors (Lipinski definition) is 4. The molecule has 0 aliphatic heterocycles. The molecule has 0 saturated heterocycles. The Morgan fingerprint density at radius 2 is 1.69 bits per heavy atom. The van der Waals surface area contributed by atoms with Crippen LogP contribution in [0.2, 0.25) is 5.02 Å². The summed E-state index contributed by atoms with van der Waals surface area (Å²) >= 11 is 6.15. The van der Waals surface area contributed by atoms with E-state index < -0.39 is 0 Å². The minimum Gasteiger partial charge on any atom is -0.354 e. The molecule has 0 bridgehead atoms. The van der Waals surface area contributed by atoms with Crippen LogP contribution < -0.4 is 21.3 Å². The van der Waals surface area contributed by atoms with Gasteiger partial charge in [-0.15, -0.1) is 0 Å². The van der Waals surface area contributed by atoms with Crippen molar-refractivity contribution in [1.29, 1.82) is 0 Å². The third-order valence-corrected chi connectivity index (χ3v) is 4.29. The van der Waals surface area contributed by atoms with E-state index in [2.05, 4.69) is 31.2 Å². The van der Waals surface area contributed by atoms with E-state index in [0.29, 0.717) is 28.2 Å². The molecule has 0 aliphatic rings. The maximum atomic E-state index is 12.2. The third-order valence-electron chi connectivity index (χ3n) is 3.98. The number of urea groups is 1. The number of aryl methyl sites for hydroxylation is 2. The largest absolute Gasteiger partial charge is 0.354 e. The predicted molar refractivity (Wildman–Crippen MR) is 119 cm³/mol. The number of nitrogens with one attached hydrogen (secondary N) is 4. The summed E-state index contributed by atoms with van der Waals surface area (Å²) in [7, 11) is 0. The van der Waals surface area contributed by atoms with Gasteiger partial charge in [-0.05, 0) is 62.7 Å². The molecule has 3 rings (SSSR count). The van der Waals surface area contributed by atoms with Crippen molar-refractivity contribution < 1.29 is 4.79 Å². The van der Waals surface area contributed by atoms with Crippen molar-refractivity contribution in [1.82, 2.24) is 9.97 Å². The van der Waals surface area contributed by atoms with Crippen molar-refractivity contribution in [3.8, 4) is 0 Å². The lowest BCUT2D eigenvalue weighted by molar-refractivity contribution is 0.262. The van der Waals surface area contributed by atoms with Gasteiger partial charge in [0.05, 0.1) is 10.7 Å². The maximum absolute atomic E-state index is 12.2. The van der Waals surface area contributed by atoms with Gasteiger partial charge in [0.1, 0.15) is 5.82 Å². The highest BCUT2D eigenvalue weighted by atomic mass is 35.5. The van der Waals surface area contributed by atoms with Crippen LogP contribution in [-0.2, 0) is 0 Å². The molecule has 29 heavy (non-hydrogen) atoms. The monoisotopic (exact) mass is 410 g/mol. The minimum absolute atomic E-state index is 0.363. The van der Waals surface area contributed by atoms with Gasteiger partial charge in [0, 0.05) is 29.7 Å². The Morgan fingerprint density at radius 1 is 0.966 bits per heavy atom. The van der Waals surface area contributed by atoms with Crippen molar-refractivity contribution in [2.24, 2.45) is 0 Å². The van der Waals surface area contributed by atoms with Gasteiger partial charge in [0.15, 0.2) is 0 Å². The summed E-state index contributed by atoms with van der Waals surface area (Å²) in [4.78, 5) is 21.0. The summed E-state index contributed by atoms with van der Waals surface area (Å²) < 4.78 is 0. The molecule has 0 fully saturated rings. The van der Waals surface area contributed by atoms with E-state index >= 15 is 0 Å². The molecule has 7 nitrogen and oxygen atoms in total. The molecular weight excluding hydrogens is 388 g/mol. The van der Waals surface area contributed by atoms with Crippen LogP contribution in [0.5, 0.6) is 0 Å². The van der Waals surface area contributed by atoms with Crippen LogP contribution in [0.3, 0.4) is 0 Å². The van der Waals surface area contributed by atoms with Crippen molar-refractivity contribution in [2.45, 2.75) is 20.8 Å². The first-order chi connectivity index (χ1) is 13.9. The fraction of sp³-hybridized carbons (Fsp3) is 0.190. The van der Waals surface area contributed by atoms with E-state index in [1.807, 2.05) is 45.0 Å². The molecule has 4 N–H and O–H groups in total. The molecule has 0 atom stereocenters. The van der Waals surface area contributed by atoms with Crippen LogP contribution in [0.15, 0.2) is 48.5 Å². The number of halogens is 1. The summed E-state index contributed by atoms with van der Waals surface area (Å²) in [5.74, 6) is 1.28. The first-order valence-electron chi connectivity index (χ1n) is 9.23. The number of rotatable bonds is 6. The number of nitrogens with zero attached hydrogens (tertiary/aromatic N) is 2. The lowest BCUT2D eigenvalue weighted by atomic mass is 10.2. The molecule has 0 radical (unpaired) electrons. The van der Waals surface area contributed by atoms with Crippen molar-refractivity contribution in [3.05, 3.63) is 64.8 Å². The quantitative estimate of drug-likeness (QED) is 0.426. The zero-order valence-electron chi connectivity index (χ0n) is 16.5. The van der Waals surface area contributed by atoms with E-state index in [9.17, 15) is 4.79 Å². The van der Waals surface area contributed by atoms with Crippen molar-refractivity contribution in [2.75, 3.05) is 27.8 Å². The Labute approximate surface area is 174 Å². The third kappa shape index (κ3) is 5.83. The van der Waals surface area contributed by atoms with Gasteiger partial charge in [0.2, 0.25) is 5.95 Å². The standard InChI is InChI=1S/C21H23ClN6O/c1-4-23-20-24-14(3)12-19(28-20)25-15-6-8-16(9-7-15)26-21(29)27-18-10-5-13(2)11-17(18)22/h5-12H,4H2,1-3H3,(H2,26,27,29)(H2,23,24,25,28). The van der Waals surface area contributed by atoms with Crippen LogP contribution in [0.25, 0.3) is 0 Å². The second-order valence-electron chi connectivity index (χ2n) is 6.51. The van der Waals surface area contributed by atoms with Crippen LogP contribution in [-0.4, -0.2) is 22.5 Å². The molecule has 0 aliphatic carbocycles. The summed E-state index contributed by atoms with van der Waals surface area (Å²) in [6.45, 7) is 6.60. The first-order valence-corrected chi connectivity index (χ1v) is 9.61. The molecule has 0 spiro atoms. The van der Waals surface area contributed by atoms with E-state index in [4.69, 9.17) is 11.6 Å². The Hall–Kier alpha value is -3.32. The summed E-state index contributed by atoms with van der Waals surface area (Å²) in [5, 5.41) is 12.4. The number of amides is 2. The average molecular weight is 411 g/mol. The number of benzene rings is 2. The number of hydrogen-bond acceptors (Lipinski definition) is 5. The van der Waals surface area contributed by atoms with Gasteiger partial charge in [-0.25, -0.2) is 9.78 Å². The highest BCUT2D eigenvalue weighted by molar-refractivity contribution is 6.33. The highest BCUT2D eigenvalue weighted by Crippen LogP contribution is 2.23. The van der Waals surface area contributed by atoms with E-state index in [1.54, 1.807) is 24.3 Å². The molecule has 2 aromatic carbocycles. The SMILES string of the molecule is CCNc1nc(C)cc(Nc2ccc(NC(=O)Nc3ccc(C)cc3Cl)cc2)n1. The number of carbonyl (C=O) groups is 1. The Balaban J connectivity index is 1.62. The van der Waals surface area contributed by atoms with Crippen LogP contribution in [0.1, 0.15) is 18.2 Å². The lowest BCUT2D eigenvalue weighted by Gasteiger charge is -2.11. The van der Waals surface area contributed by atoms with Crippen LogP contribution in [0.4, 0.5) is 33.6 Å². The lowest BCUT2D eigenvalue weighted by Crippen LogP contribution is -2.19. The fourth-order valence-corrected chi connectivity index (χ4v) is 2.94. The second kappa shape index (κ2) is 9.25. The predicted octanol–water partition coefficient (Wildman–Crippen LogP) is 5.57. The summed E-state index contributed by atoms with van der Waals surface area (Å²) in [6.07, 6.45) is 0. The molecule has 8 heteroatoms. The van der Waals surface area contributed by atoms with Gasteiger partial charge in [0.25, 0.3) is 0 Å². The Morgan fingerprint density at radius 3 is 2.38 bits per heavy atom. The molecule has 1 aromatic heterocycles. The summed E-state index contributed by atoms with van der Waals surface area (Å²) in [5.41, 5.74) is 3.95. The molecule has 2 amide bonds. The zero-order valence-corrected chi connectivity index (χ0v) is 17.3.